The number of fused-ring (bicyclic) bond motifs is 1. The zero-order chi connectivity index (χ0) is 21.1. The van der Waals surface area contributed by atoms with Gasteiger partial charge in [-0.1, -0.05) is 30.3 Å². The van der Waals surface area contributed by atoms with Gasteiger partial charge in [-0.15, -0.1) is 0 Å². The fourth-order valence-electron chi connectivity index (χ4n) is 3.16. The first-order valence-corrected chi connectivity index (χ1v) is 9.15. The first-order valence-electron chi connectivity index (χ1n) is 9.15. The van der Waals surface area contributed by atoms with Crippen LogP contribution in [0.4, 0.5) is 8.78 Å². The molecule has 0 aliphatic rings. The lowest BCUT2D eigenvalue weighted by Gasteiger charge is -2.12. The molecule has 2 aromatic heterocycles. The molecule has 150 valence electrons. The molecule has 0 spiro atoms. The molecule has 1 N–H and O–H groups in total. The van der Waals surface area contributed by atoms with E-state index in [9.17, 15) is 18.4 Å². The molecule has 2 heterocycles. The summed E-state index contributed by atoms with van der Waals surface area (Å²) in [5, 5.41) is 7.83. The van der Waals surface area contributed by atoms with E-state index in [2.05, 4.69) is 15.4 Å². The summed E-state index contributed by atoms with van der Waals surface area (Å²) in [5.41, 5.74) is 0.0760. The van der Waals surface area contributed by atoms with E-state index < -0.39 is 23.1 Å². The van der Waals surface area contributed by atoms with Crippen LogP contribution in [0.25, 0.3) is 10.8 Å². The van der Waals surface area contributed by atoms with Crippen molar-refractivity contribution in [1.82, 2.24) is 20.1 Å². The highest BCUT2D eigenvalue weighted by atomic mass is 19.1. The highest BCUT2D eigenvalue weighted by Gasteiger charge is 2.18. The van der Waals surface area contributed by atoms with Gasteiger partial charge in [-0.05, 0) is 30.3 Å². The number of aromatic nitrogens is 3. The SMILES string of the molecule is O=C(NCc1nn(Cc2ccccn2)c(=O)c2ccccc12)c1c(F)cccc1F. The highest BCUT2D eigenvalue weighted by molar-refractivity contribution is 5.95. The van der Waals surface area contributed by atoms with Crippen LogP contribution < -0.4 is 10.9 Å². The van der Waals surface area contributed by atoms with Crippen molar-refractivity contribution < 1.29 is 13.6 Å². The summed E-state index contributed by atoms with van der Waals surface area (Å²) in [5.74, 6) is -2.81. The fraction of sp³-hybridized carbons (Fsp3) is 0.0909. The molecule has 0 unspecified atom stereocenters. The number of amides is 1. The zero-order valence-electron chi connectivity index (χ0n) is 15.7. The van der Waals surface area contributed by atoms with Gasteiger partial charge >= 0.3 is 0 Å². The van der Waals surface area contributed by atoms with Crippen molar-refractivity contribution in [2.45, 2.75) is 13.1 Å². The van der Waals surface area contributed by atoms with Gasteiger partial charge < -0.3 is 5.32 Å². The quantitative estimate of drug-likeness (QED) is 0.553. The first-order chi connectivity index (χ1) is 14.5. The van der Waals surface area contributed by atoms with Gasteiger partial charge in [-0.25, -0.2) is 13.5 Å². The van der Waals surface area contributed by atoms with E-state index in [0.717, 1.165) is 12.1 Å². The van der Waals surface area contributed by atoms with Crippen LogP contribution in [-0.2, 0) is 13.1 Å². The number of nitrogens with one attached hydrogen (secondary N) is 1. The lowest BCUT2D eigenvalue weighted by atomic mass is 10.1. The standard InChI is InChI=1S/C22H16F2N4O2/c23-17-9-5-10-18(24)20(17)21(29)26-12-19-15-7-1-2-8-16(15)22(30)28(27-19)13-14-6-3-4-11-25-14/h1-11H,12-13H2,(H,26,29). The first kappa shape index (κ1) is 19.4. The normalized spacial score (nSPS) is 10.9. The predicted octanol–water partition coefficient (Wildman–Crippen LogP) is 3.05. The van der Waals surface area contributed by atoms with Crippen molar-refractivity contribution in [3.05, 3.63) is 106 Å². The van der Waals surface area contributed by atoms with E-state index in [-0.39, 0.29) is 18.6 Å². The van der Waals surface area contributed by atoms with E-state index in [4.69, 9.17) is 0 Å². The fourth-order valence-corrected chi connectivity index (χ4v) is 3.16. The van der Waals surface area contributed by atoms with Gasteiger partial charge in [0, 0.05) is 11.6 Å². The number of pyridine rings is 1. The second-order valence-electron chi connectivity index (χ2n) is 6.56. The number of hydrogen-bond acceptors (Lipinski definition) is 4. The maximum atomic E-state index is 13.9. The largest absolute Gasteiger partial charge is 0.346 e. The molecular weight excluding hydrogens is 390 g/mol. The number of benzene rings is 2. The third-order valence-electron chi connectivity index (χ3n) is 4.59. The molecule has 4 rings (SSSR count). The average Bonchev–Trinajstić information content (AvgIpc) is 2.75. The monoisotopic (exact) mass is 406 g/mol. The number of nitrogens with zero attached hydrogens (tertiary/aromatic N) is 3. The Bertz CT molecular complexity index is 1270. The highest BCUT2D eigenvalue weighted by Crippen LogP contribution is 2.15. The van der Waals surface area contributed by atoms with E-state index in [0.29, 0.717) is 22.2 Å². The summed E-state index contributed by atoms with van der Waals surface area (Å²) in [6, 6.07) is 15.4. The predicted molar refractivity (Wildman–Crippen MR) is 107 cm³/mol. The number of halogens is 2. The number of carbonyl (C=O) groups is 1. The van der Waals surface area contributed by atoms with Crippen molar-refractivity contribution in [3.63, 3.8) is 0 Å². The minimum atomic E-state index is -0.953. The number of rotatable bonds is 5. The molecule has 0 atom stereocenters. The molecule has 0 aliphatic heterocycles. The summed E-state index contributed by atoms with van der Waals surface area (Å²) in [4.78, 5) is 29.4. The molecule has 0 saturated carbocycles. The maximum absolute atomic E-state index is 13.9. The Labute approximate surface area is 169 Å². The second kappa shape index (κ2) is 8.20. The van der Waals surface area contributed by atoms with Crippen molar-refractivity contribution in [1.29, 1.82) is 0 Å². The zero-order valence-corrected chi connectivity index (χ0v) is 15.7. The molecule has 0 radical (unpaired) electrons. The van der Waals surface area contributed by atoms with Crippen LogP contribution in [0, 0.1) is 11.6 Å². The van der Waals surface area contributed by atoms with E-state index in [1.54, 1.807) is 48.7 Å². The van der Waals surface area contributed by atoms with Gasteiger partial charge in [-0.2, -0.15) is 5.10 Å². The minimum absolute atomic E-state index is 0.115. The van der Waals surface area contributed by atoms with E-state index in [1.807, 2.05) is 0 Å². The lowest BCUT2D eigenvalue weighted by molar-refractivity contribution is 0.0942. The summed E-state index contributed by atoms with van der Waals surface area (Å²) in [7, 11) is 0. The lowest BCUT2D eigenvalue weighted by Crippen LogP contribution is -2.29. The van der Waals surface area contributed by atoms with Crippen LogP contribution in [0.3, 0.4) is 0 Å². The Morgan fingerprint density at radius 1 is 0.933 bits per heavy atom. The Hall–Kier alpha value is -3.94. The minimum Gasteiger partial charge on any atom is -0.346 e. The summed E-state index contributed by atoms with van der Waals surface area (Å²) < 4.78 is 29.0. The smallest absolute Gasteiger partial charge is 0.275 e. The van der Waals surface area contributed by atoms with Crippen molar-refractivity contribution in [2.24, 2.45) is 0 Å². The Morgan fingerprint density at radius 2 is 1.63 bits per heavy atom. The summed E-state index contributed by atoms with van der Waals surface area (Å²) >= 11 is 0. The van der Waals surface area contributed by atoms with Gasteiger partial charge in [0.2, 0.25) is 0 Å². The van der Waals surface area contributed by atoms with Crippen LogP contribution in [0.15, 0.2) is 71.7 Å². The van der Waals surface area contributed by atoms with Gasteiger partial charge in [0.1, 0.15) is 17.2 Å². The molecule has 0 aliphatic carbocycles. The molecule has 0 saturated heterocycles. The molecule has 6 nitrogen and oxygen atoms in total. The molecule has 8 heteroatoms. The van der Waals surface area contributed by atoms with Crippen LogP contribution in [0.2, 0.25) is 0 Å². The Morgan fingerprint density at radius 3 is 2.33 bits per heavy atom. The van der Waals surface area contributed by atoms with Crippen LogP contribution in [0.1, 0.15) is 21.7 Å². The van der Waals surface area contributed by atoms with Gasteiger partial charge in [0.15, 0.2) is 0 Å². The molecule has 0 fully saturated rings. The molecule has 2 aromatic carbocycles. The van der Waals surface area contributed by atoms with Gasteiger partial charge in [0.25, 0.3) is 11.5 Å². The number of hydrogen-bond donors (Lipinski definition) is 1. The topological polar surface area (TPSA) is 76.9 Å². The maximum Gasteiger partial charge on any atom is 0.275 e. The van der Waals surface area contributed by atoms with Gasteiger partial charge in [-0.3, -0.25) is 14.6 Å². The van der Waals surface area contributed by atoms with Crippen LogP contribution in [0.5, 0.6) is 0 Å². The van der Waals surface area contributed by atoms with E-state index in [1.165, 1.54) is 10.7 Å². The molecule has 1 amide bonds. The summed E-state index contributed by atoms with van der Waals surface area (Å²) in [6.45, 7) is 0.0308. The van der Waals surface area contributed by atoms with E-state index >= 15 is 0 Å². The second-order valence-corrected chi connectivity index (χ2v) is 6.56. The third-order valence-corrected chi connectivity index (χ3v) is 4.59. The van der Waals surface area contributed by atoms with Crippen molar-refractivity contribution >= 4 is 16.7 Å². The Balaban J connectivity index is 1.69. The Kier molecular flexibility index (Phi) is 5.30. The molecule has 0 bridgehead atoms. The van der Waals surface area contributed by atoms with Crippen molar-refractivity contribution in [3.8, 4) is 0 Å². The summed E-state index contributed by atoms with van der Waals surface area (Å²) in [6.07, 6.45) is 1.62. The molecular formula is C22H16F2N4O2. The van der Waals surface area contributed by atoms with Crippen LogP contribution in [-0.4, -0.2) is 20.7 Å². The van der Waals surface area contributed by atoms with Gasteiger partial charge in [0.05, 0.1) is 29.9 Å². The van der Waals surface area contributed by atoms with Crippen molar-refractivity contribution in [2.75, 3.05) is 0 Å². The number of carbonyl (C=O) groups excluding carboxylic acids is 1. The molecule has 30 heavy (non-hydrogen) atoms. The average molecular weight is 406 g/mol. The molecule has 4 aromatic rings. The third kappa shape index (κ3) is 3.80. The van der Waals surface area contributed by atoms with Crippen LogP contribution >= 0.6 is 0 Å².